The summed E-state index contributed by atoms with van der Waals surface area (Å²) in [5.74, 6) is -0.451. The van der Waals surface area contributed by atoms with Gasteiger partial charge in [0, 0.05) is 16.8 Å². The summed E-state index contributed by atoms with van der Waals surface area (Å²) in [6.07, 6.45) is -1.17. The number of carbonyl (C=O) groups excluding carboxylic acids is 1. The molecule has 0 aromatic heterocycles. The third kappa shape index (κ3) is 4.86. The highest BCUT2D eigenvalue weighted by Gasteiger charge is 2.30. The van der Waals surface area contributed by atoms with Crippen LogP contribution in [0.15, 0.2) is 48.5 Å². The lowest BCUT2D eigenvalue weighted by atomic mass is 10.1. The van der Waals surface area contributed by atoms with Gasteiger partial charge >= 0.3 is 6.18 Å². The summed E-state index contributed by atoms with van der Waals surface area (Å²) in [5.41, 5.74) is 1.06. The van der Waals surface area contributed by atoms with Crippen LogP contribution in [0.3, 0.4) is 0 Å². The highest BCUT2D eigenvalue weighted by Crippen LogP contribution is 2.32. The van der Waals surface area contributed by atoms with Crippen LogP contribution in [0.4, 0.5) is 18.9 Å². The molecule has 0 aliphatic rings. The Balaban J connectivity index is 2.10. The van der Waals surface area contributed by atoms with Gasteiger partial charge in [0.1, 0.15) is 0 Å². The third-order valence-electron chi connectivity index (χ3n) is 3.37. The molecule has 0 saturated heterocycles. The normalized spacial score (nSPS) is 11.7. The Morgan fingerprint density at radius 3 is 2.42 bits per heavy atom. The first-order chi connectivity index (χ1) is 11.3. The molecule has 0 fully saturated rings. The van der Waals surface area contributed by atoms with Gasteiger partial charge in [0.05, 0.1) is 5.56 Å². The second-order valence-electron chi connectivity index (χ2n) is 5.11. The first kappa shape index (κ1) is 18.1. The van der Waals surface area contributed by atoms with E-state index in [2.05, 4.69) is 5.32 Å². The first-order valence-electron chi connectivity index (χ1n) is 7.24. The zero-order valence-corrected chi connectivity index (χ0v) is 13.6. The Kier molecular flexibility index (Phi) is 5.67. The van der Waals surface area contributed by atoms with E-state index in [-0.39, 0.29) is 10.6 Å². The number of benzene rings is 2. The zero-order valence-electron chi connectivity index (χ0n) is 12.8. The Labute approximate surface area is 142 Å². The number of rotatable bonds is 4. The molecule has 1 amide bonds. The van der Waals surface area contributed by atoms with E-state index in [1.807, 2.05) is 19.1 Å². The molecule has 0 unspecified atom stereocenters. The van der Waals surface area contributed by atoms with Crippen LogP contribution in [0.5, 0.6) is 0 Å². The summed E-state index contributed by atoms with van der Waals surface area (Å²) < 4.78 is 38.1. The van der Waals surface area contributed by atoms with E-state index in [0.717, 1.165) is 36.3 Å². The van der Waals surface area contributed by atoms with Crippen molar-refractivity contribution in [1.82, 2.24) is 0 Å². The second-order valence-corrected chi connectivity index (χ2v) is 5.51. The summed E-state index contributed by atoms with van der Waals surface area (Å²) >= 11 is 5.87. The second kappa shape index (κ2) is 7.53. The summed E-state index contributed by atoms with van der Waals surface area (Å²) in [7, 11) is 0. The Bertz CT molecular complexity index is 752. The topological polar surface area (TPSA) is 29.1 Å². The number of halogens is 4. The maximum atomic E-state index is 12.7. The molecule has 0 radical (unpaired) electrons. The van der Waals surface area contributed by atoms with Crippen molar-refractivity contribution in [2.75, 3.05) is 5.32 Å². The van der Waals surface area contributed by atoms with Crippen LogP contribution in [0, 0.1) is 0 Å². The molecule has 126 valence electrons. The number of hydrogen-bond acceptors (Lipinski definition) is 1. The van der Waals surface area contributed by atoms with Gasteiger partial charge in [-0.05, 0) is 54.0 Å². The maximum Gasteiger partial charge on any atom is 0.416 e. The van der Waals surface area contributed by atoms with Crippen molar-refractivity contribution in [1.29, 1.82) is 0 Å². The molecule has 0 saturated carbocycles. The molecular formula is C18H15ClF3NO. The fraction of sp³-hybridized carbons (Fsp3) is 0.167. The average Bonchev–Trinajstić information content (AvgIpc) is 2.53. The molecule has 2 rings (SSSR count). The van der Waals surface area contributed by atoms with E-state index in [1.54, 1.807) is 12.1 Å². The Morgan fingerprint density at radius 2 is 1.83 bits per heavy atom. The fourth-order valence-electron chi connectivity index (χ4n) is 2.02. The van der Waals surface area contributed by atoms with Crippen molar-refractivity contribution in [3.8, 4) is 0 Å². The van der Waals surface area contributed by atoms with E-state index in [1.165, 1.54) is 6.08 Å². The number of alkyl halides is 3. The van der Waals surface area contributed by atoms with Crippen molar-refractivity contribution >= 4 is 29.3 Å². The van der Waals surface area contributed by atoms with Gasteiger partial charge in [0.15, 0.2) is 0 Å². The third-order valence-corrected chi connectivity index (χ3v) is 3.71. The number of aryl methyl sites for hydroxylation is 1. The summed E-state index contributed by atoms with van der Waals surface area (Å²) in [5, 5.41) is 2.78. The lowest BCUT2D eigenvalue weighted by molar-refractivity contribution is -0.137. The van der Waals surface area contributed by atoms with Crippen molar-refractivity contribution in [2.45, 2.75) is 19.5 Å². The van der Waals surface area contributed by atoms with Crippen LogP contribution in [0.2, 0.25) is 5.02 Å². The average molecular weight is 354 g/mol. The van der Waals surface area contributed by atoms with E-state index < -0.39 is 17.6 Å². The summed E-state index contributed by atoms with van der Waals surface area (Å²) in [4.78, 5) is 11.9. The van der Waals surface area contributed by atoms with Crippen molar-refractivity contribution in [2.24, 2.45) is 0 Å². The van der Waals surface area contributed by atoms with E-state index in [4.69, 9.17) is 11.6 Å². The van der Waals surface area contributed by atoms with Gasteiger partial charge in [-0.15, -0.1) is 0 Å². The molecule has 1 N–H and O–H groups in total. The van der Waals surface area contributed by atoms with Gasteiger partial charge in [-0.25, -0.2) is 0 Å². The minimum atomic E-state index is -4.46. The van der Waals surface area contributed by atoms with Crippen molar-refractivity contribution in [3.63, 3.8) is 0 Å². The molecule has 2 aromatic carbocycles. The SMILES string of the molecule is CCc1ccc(NC(=O)/C=C/c2cc(C(F)(F)F)ccc2Cl)cc1. The molecule has 2 aromatic rings. The molecule has 0 heterocycles. The minimum Gasteiger partial charge on any atom is -0.323 e. The van der Waals surface area contributed by atoms with Gasteiger partial charge in [-0.1, -0.05) is 30.7 Å². The number of carbonyl (C=O) groups is 1. The Hall–Kier alpha value is -2.27. The highest BCUT2D eigenvalue weighted by molar-refractivity contribution is 6.32. The molecule has 0 atom stereocenters. The predicted molar refractivity (Wildman–Crippen MR) is 89.9 cm³/mol. The zero-order chi connectivity index (χ0) is 17.7. The van der Waals surface area contributed by atoms with Crippen LogP contribution in [0.25, 0.3) is 6.08 Å². The van der Waals surface area contributed by atoms with E-state index >= 15 is 0 Å². The smallest absolute Gasteiger partial charge is 0.323 e. The molecule has 0 aliphatic carbocycles. The molecule has 24 heavy (non-hydrogen) atoms. The van der Waals surface area contributed by atoms with Crippen LogP contribution in [0.1, 0.15) is 23.6 Å². The quantitative estimate of drug-likeness (QED) is 0.715. The van der Waals surface area contributed by atoms with Gasteiger partial charge in [-0.3, -0.25) is 4.79 Å². The van der Waals surface area contributed by atoms with Crippen LogP contribution in [-0.2, 0) is 17.4 Å². The lowest BCUT2D eigenvalue weighted by Gasteiger charge is -2.08. The number of hydrogen-bond donors (Lipinski definition) is 1. The monoisotopic (exact) mass is 353 g/mol. The van der Waals surface area contributed by atoms with Gasteiger partial charge in [0.25, 0.3) is 0 Å². The summed E-state index contributed by atoms with van der Waals surface area (Å²) in [6, 6.07) is 10.3. The molecule has 0 aliphatic heterocycles. The van der Waals surface area contributed by atoms with E-state index in [0.29, 0.717) is 5.69 Å². The standard InChI is InChI=1S/C18H15ClF3NO/c1-2-12-3-7-15(8-4-12)23-17(24)10-5-13-11-14(18(20,21)22)6-9-16(13)19/h3-11H,2H2,1H3,(H,23,24)/b10-5+. The van der Waals surface area contributed by atoms with E-state index in [9.17, 15) is 18.0 Å². The molecular weight excluding hydrogens is 339 g/mol. The van der Waals surface area contributed by atoms with Crippen LogP contribution < -0.4 is 5.32 Å². The first-order valence-corrected chi connectivity index (χ1v) is 7.62. The number of anilines is 1. The highest BCUT2D eigenvalue weighted by atomic mass is 35.5. The van der Waals surface area contributed by atoms with Crippen molar-refractivity contribution < 1.29 is 18.0 Å². The maximum absolute atomic E-state index is 12.7. The molecule has 6 heteroatoms. The molecule has 0 spiro atoms. The van der Waals surface area contributed by atoms with Crippen LogP contribution >= 0.6 is 11.6 Å². The molecule has 2 nitrogen and oxygen atoms in total. The van der Waals surface area contributed by atoms with Crippen LogP contribution in [-0.4, -0.2) is 5.91 Å². The van der Waals surface area contributed by atoms with Crippen molar-refractivity contribution in [3.05, 3.63) is 70.3 Å². The minimum absolute atomic E-state index is 0.128. The van der Waals surface area contributed by atoms with Gasteiger partial charge in [0.2, 0.25) is 5.91 Å². The van der Waals surface area contributed by atoms with Gasteiger partial charge < -0.3 is 5.32 Å². The Morgan fingerprint density at radius 1 is 1.17 bits per heavy atom. The lowest BCUT2D eigenvalue weighted by Crippen LogP contribution is -2.08. The predicted octanol–water partition coefficient (Wildman–Crippen LogP) is 5.57. The molecule has 0 bridgehead atoms. The largest absolute Gasteiger partial charge is 0.416 e. The number of amides is 1. The van der Waals surface area contributed by atoms with Gasteiger partial charge in [-0.2, -0.15) is 13.2 Å². The number of nitrogens with one attached hydrogen (secondary N) is 1. The fourth-order valence-corrected chi connectivity index (χ4v) is 2.20. The summed E-state index contributed by atoms with van der Waals surface area (Å²) in [6.45, 7) is 2.02.